The van der Waals surface area contributed by atoms with Crippen molar-refractivity contribution in [2.45, 2.75) is 13.8 Å². The van der Waals surface area contributed by atoms with Gasteiger partial charge in [0.1, 0.15) is 10.8 Å². The van der Waals surface area contributed by atoms with Gasteiger partial charge in [0.15, 0.2) is 5.82 Å². The summed E-state index contributed by atoms with van der Waals surface area (Å²) in [6.45, 7) is 4.05. The van der Waals surface area contributed by atoms with Gasteiger partial charge in [-0.2, -0.15) is 0 Å². The minimum atomic E-state index is 0.151. The maximum absolute atomic E-state index is 6.54. The van der Waals surface area contributed by atoms with Gasteiger partial charge >= 0.3 is 0 Å². The summed E-state index contributed by atoms with van der Waals surface area (Å²) in [5, 5.41) is 1.40. The van der Waals surface area contributed by atoms with Gasteiger partial charge in [0.25, 0.3) is 0 Å². The summed E-state index contributed by atoms with van der Waals surface area (Å²) in [5.74, 6) is 0.779. The van der Waals surface area contributed by atoms with Gasteiger partial charge in [-0.1, -0.05) is 35.9 Å². The highest BCUT2D eigenvalue weighted by Crippen LogP contribution is 2.35. The molecule has 6 nitrogen and oxygen atoms in total. The van der Waals surface area contributed by atoms with Crippen molar-refractivity contribution in [2.75, 3.05) is 5.73 Å². The van der Waals surface area contributed by atoms with E-state index in [0.717, 1.165) is 38.6 Å². The van der Waals surface area contributed by atoms with Gasteiger partial charge in [-0.25, -0.2) is 19.9 Å². The molecule has 3 aromatic heterocycles. The molecule has 0 unspecified atom stereocenters. The zero-order valence-electron chi connectivity index (χ0n) is 15.9. The first-order valence-electron chi connectivity index (χ1n) is 9.16. The molecule has 0 saturated carbocycles. The van der Waals surface area contributed by atoms with Gasteiger partial charge in [0.2, 0.25) is 5.95 Å². The maximum Gasteiger partial charge on any atom is 0.221 e. The van der Waals surface area contributed by atoms with Crippen molar-refractivity contribution < 1.29 is 0 Å². The third-order valence-corrected chi connectivity index (χ3v) is 5.26. The lowest BCUT2D eigenvalue weighted by atomic mass is 10.0. The van der Waals surface area contributed by atoms with E-state index in [-0.39, 0.29) is 5.95 Å². The monoisotopic (exact) mass is 400 g/mol. The van der Waals surface area contributed by atoms with Gasteiger partial charge in [-0.05, 0) is 49.2 Å². The lowest BCUT2D eigenvalue weighted by Crippen LogP contribution is -2.01. The van der Waals surface area contributed by atoms with Crippen molar-refractivity contribution in [1.82, 2.24) is 24.9 Å². The number of nitrogen functional groups attached to an aromatic ring is 1. The molecule has 5 aromatic rings. The Hall–Kier alpha value is -3.51. The summed E-state index contributed by atoms with van der Waals surface area (Å²) in [7, 11) is 0. The molecule has 0 fully saturated rings. The van der Waals surface area contributed by atoms with Crippen LogP contribution in [0, 0.1) is 13.8 Å². The van der Waals surface area contributed by atoms with Crippen molar-refractivity contribution >= 4 is 39.5 Å². The maximum atomic E-state index is 6.54. The van der Waals surface area contributed by atoms with Gasteiger partial charge in [-0.3, -0.25) is 0 Å². The van der Waals surface area contributed by atoms with Crippen molar-refractivity contribution in [3.8, 4) is 22.8 Å². The first kappa shape index (κ1) is 17.6. The zero-order valence-corrected chi connectivity index (χ0v) is 16.6. The number of nitrogens with one attached hydrogen (secondary N) is 1. The molecule has 0 spiro atoms. The SMILES string of the molecule is Cc1ccc2nc(-c3cc(-c4c(Cl)nc5ccccc5c4C)nc(N)n3)[nH]c2c1. The largest absolute Gasteiger partial charge is 0.368 e. The van der Waals surface area contributed by atoms with Crippen LogP contribution in [0.15, 0.2) is 48.5 Å². The number of aromatic amines is 1. The Morgan fingerprint density at radius 1 is 0.862 bits per heavy atom. The molecule has 0 aliphatic rings. The number of hydrogen-bond acceptors (Lipinski definition) is 5. The number of nitrogens with two attached hydrogens (primary N) is 1. The Morgan fingerprint density at radius 3 is 2.52 bits per heavy atom. The number of benzene rings is 2. The highest BCUT2D eigenvalue weighted by atomic mass is 35.5. The number of nitrogens with zero attached hydrogens (tertiary/aromatic N) is 4. The number of rotatable bonds is 2. The Kier molecular flexibility index (Phi) is 3.96. The van der Waals surface area contributed by atoms with E-state index < -0.39 is 0 Å². The molecule has 3 N–H and O–H groups in total. The van der Waals surface area contributed by atoms with E-state index in [2.05, 4.69) is 24.9 Å². The molecule has 3 heterocycles. The highest BCUT2D eigenvalue weighted by molar-refractivity contribution is 6.33. The molecule has 0 aliphatic heterocycles. The molecule has 5 rings (SSSR count). The number of imidazole rings is 1. The standard InChI is InChI=1S/C22H17ClN6/c1-11-7-8-15-16(9-11)27-21(26-15)18-10-17(28-22(24)29-18)19-12(2)13-5-3-4-6-14(13)25-20(19)23/h3-10H,1-2H3,(H,26,27)(H2,24,28,29). The van der Waals surface area contributed by atoms with Crippen molar-refractivity contribution in [3.05, 3.63) is 64.8 Å². The second-order valence-electron chi connectivity index (χ2n) is 7.02. The summed E-state index contributed by atoms with van der Waals surface area (Å²) in [4.78, 5) is 21.3. The molecule has 0 atom stereocenters. The Labute approximate surface area is 171 Å². The Morgan fingerprint density at radius 2 is 1.66 bits per heavy atom. The topological polar surface area (TPSA) is 93.4 Å². The van der Waals surface area contributed by atoms with Gasteiger partial charge in [0, 0.05) is 10.9 Å². The summed E-state index contributed by atoms with van der Waals surface area (Å²) in [5.41, 5.74) is 12.8. The summed E-state index contributed by atoms with van der Waals surface area (Å²) >= 11 is 6.54. The fourth-order valence-corrected chi connectivity index (χ4v) is 3.93. The first-order chi connectivity index (χ1) is 14.0. The summed E-state index contributed by atoms with van der Waals surface area (Å²) < 4.78 is 0. The van der Waals surface area contributed by atoms with Gasteiger partial charge in [-0.15, -0.1) is 0 Å². The average Bonchev–Trinajstić information content (AvgIpc) is 3.11. The third kappa shape index (κ3) is 2.98. The van der Waals surface area contributed by atoms with Crippen LogP contribution in [0.25, 0.3) is 44.7 Å². The Bertz CT molecular complexity index is 1410. The molecular weight excluding hydrogens is 384 g/mol. The Balaban J connectivity index is 1.71. The van der Waals surface area contributed by atoms with Crippen LogP contribution in [-0.4, -0.2) is 24.9 Å². The van der Waals surface area contributed by atoms with Crippen LogP contribution in [0.1, 0.15) is 11.1 Å². The van der Waals surface area contributed by atoms with E-state index in [4.69, 9.17) is 17.3 Å². The van der Waals surface area contributed by atoms with Gasteiger partial charge < -0.3 is 10.7 Å². The van der Waals surface area contributed by atoms with Crippen LogP contribution >= 0.6 is 11.6 Å². The van der Waals surface area contributed by atoms with Crippen LogP contribution in [0.2, 0.25) is 5.15 Å². The second kappa shape index (κ2) is 6.53. The number of aryl methyl sites for hydroxylation is 2. The lowest BCUT2D eigenvalue weighted by Gasteiger charge is -2.12. The van der Waals surface area contributed by atoms with E-state index in [1.165, 1.54) is 0 Å². The number of fused-ring (bicyclic) bond motifs is 2. The summed E-state index contributed by atoms with van der Waals surface area (Å²) in [6.07, 6.45) is 0. The van der Waals surface area contributed by atoms with E-state index in [1.807, 2.05) is 62.4 Å². The van der Waals surface area contributed by atoms with Crippen LogP contribution in [-0.2, 0) is 0 Å². The fraction of sp³-hybridized carbons (Fsp3) is 0.0909. The minimum absolute atomic E-state index is 0.151. The normalized spacial score (nSPS) is 11.4. The minimum Gasteiger partial charge on any atom is -0.368 e. The molecule has 2 aromatic carbocycles. The molecule has 0 amide bonds. The quantitative estimate of drug-likeness (QED) is 0.402. The van der Waals surface area contributed by atoms with Crippen molar-refractivity contribution in [2.24, 2.45) is 0 Å². The van der Waals surface area contributed by atoms with Crippen molar-refractivity contribution in [1.29, 1.82) is 0 Å². The first-order valence-corrected chi connectivity index (χ1v) is 9.54. The van der Waals surface area contributed by atoms with E-state index in [9.17, 15) is 0 Å². The zero-order chi connectivity index (χ0) is 20.1. The smallest absolute Gasteiger partial charge is 0.221 e. The lowest BCUT2D eigenvalue weighted by molar-refractivity contribution is 1.16. The highest BCUT2D eigenvalue weighted by Gasteiger charge is 2.17. The number of halogens is 1. The van der Waals surface area contributed by atoms with Gasteiger partial charge in [0.05, 0.1) is 22.2 Å². The number of pyridine rings is 1. The number of H-pyrrole nitrogens is 1. The fourth-order valence-electron chi connectivity index (χ4n) is 3.60. The molecule has 29 heavy (non-hydrogen) atoms. The molecule has 0 bridgehead atoms. The number of hydrogen-bond donors (Lipinski definition) is 2. The molecular formula is C22H17ClN6. The molecule has 7 heteroatoms. The number of para-hydroxylation sites is 1. The molecule has 0 saturated heterocycles. The summed E-state index contributed by atoms with van der Waals surface area (Å²) in [6, 6.07) is 15.8. The van der Waals surface area contributed by atoms with E-state index >= 15 is 0 Å². The van der Waals surface area contributed by atoms with Crippen LogP contribution < -0.4 is 5.73 Å². The van der Waals surface area contributed by atoms with Crippen molar-refractivity contribution in [3.63, 3.8) is 0 Å². The number of aromatic nitrogens is 5. The number of anilines is 1. The van der Waals surface area contributed by atoms with Crippen LogP contribution in [0.5, 0.6) is 0 Å². The third-order valence-electron chi connectivity index (χ3n) is 4.99. The predicted octanol–water partition coefficient (Wildman–Crippen LogP) is 5.09. The molecule has 0 aliphatic carbocycles. The van der Waals surface area contributed by atoms with E-state index in [1.54, 1.807) is 0 Å². The predicted molar refractivity (Wildman–Crippen MR) is 117 cm³/mol. The van der Waals surface area contributed by atoms with Crippen LogP contribution in [0.4, 0.5) is 5.95 Å². The second-order valence-corrected chi connectivity index (χ2v) is 7.38. The van der Waals surface area contributed by atoms with Crippen LogP contribution in [0.3, 0.4) is 0 Å². The van der Waals surface area contributed by atoms with E-state index in [0.29, 0.717) is 22.4 Å². The molecule has 0 radical (unpaired) electrons. The molecule has 142 valence electrons. The average molecular weight is 401 g/mol.